The second-order valence-corrected chi connectivity index (χ2v) is 5.41. The van der Waals surface area contributed by atoms with Gasteiger partial charge in [0.2, 0.25) is 0 Å². The summed E-state index contributed by atoms with van der Waals surface area (Å²) in [6.07, 6.45) is 0. The van der Waals surface area contributed by atoms with Gasteiger partial charge in [-0.1, -0.05) is 18.2 Å². The molecule has 0 aliphatic rings. The van der Waals surface area contributed by atoms with Gasteiger partial charge in [0.05, 0.1) is 12.8 Å². The first-order valence-electron chi connectivity index (χ1n) is 6.24. The predicted octanol–water partition coefficient (Wildman–Crippen LogP) is 4.69. The highest BCUT2D eigenvalue weighted by molar-refractivity contribution is 9.10. The molecule has 0 aliphatic carbocycles. The van der Waals surface area contributed by atoms with Crippen molar-refractivity contribution in [2.45, 2.75) is 20.4 Å². The molecule has 100 valence electrons. The summed E-state index contributed by atoms with van der Waals surface area (Å²) in [6.45, 7) is 5.10. The molecular formula is C16H18BrNO. The van der Waals surface area contributed by atoms with Gasteiger partial charge in [-0.15, -0.1) is 0 Å². The average molecular weight is 320 g/mol. The van der Waals surface area contributed by atoms with Crippen LogP contribution in [0.25, 0.3) is 0 Å². The molecule has 0 bridgehead atoms. The smallest absolute Gasteiger partial charge is 0.121 e. The topological polar surface area (TPSA) is 21.3 Å². The van der Waals surface area contributed by atoms with Gasteiger partial charge >= 0.3 is 0 Å². The van der Waals surface area contributed by atoms with Gasteiger partial charge < -0.3 is 10.1 Å². The molecule has 3 heteroatoms. The van der Waals surface area contributed by atoms with Crippen molar-refractivity contribution in [3.63, 3.8) is 0 Å². The molecule has 0 aliphatic heterocycles. The third-order valence-corrected chi connectivity index (χ3v) is 4.05. The first kappa shape index (κ1) is 13.9. The van der Waals surface area contributed by atoms with Crippen molar-refractivity contribution in [1.82, 2.24) is 0 Å². The van der Waals surface area contributed by atoms with Gasteiger partial charge in [0.1, 0.15) is 5.75 Å². The SMILES string of the molecule is COc1ccc(Br)c(NCc2cccc(C)c2C)c1. The summed E-state index contributed by atoms with van der Waals surface area (Å²) in [7, 11) is 1.68. The highest BCUT2D eigenvalue weighted by Crippen LogP contribution is 2.27. The molecule has 2 rings (SSSR count). The first-order valence-corrected chi connectivity index (χ1v) is 7.03. The molecule has 2 aromatic rings. The predicted molar refractivity (Wildman–Crippen MR) is 83.9 cm³/mol. The Kier molecular flexibility index (Phi) is 4.48. The van der Waals surface area contributed by atoms with E-state index in [0.29, 0.717) is 0 Å². The molecule has 2 aromatic carbocycles. The minimum absolute atomic E-state index is 0.805. The summed E-state index contributed by atoms with van der Waals surface area (Å²) >= 11 is 3.55. The fraction of sp³-hybridized carbons (Fsp3) is 0.250. The fourth-order valence-corrected chi connectivity index (χ4v) is 2.35. The zero-order valence-corrected chi connectivity index (χ0v) is 13.0. The molecule has 0 heterocycles. The van der Waals surface area contributed by atoms with E-state index in [2.05, 4.69) is 53.3 Å². The van der Waals surface area contributed by atoms with Gasteiger partial charge in [0, 0.05) is 17.1 Å². The van der Waals surface area contributed by atoms with Crippen molar-refractivity contribution in [3.05, 3.63) is 57.6 Å². The van der Waals surface area contributed by atoms with Crippen molar-refractivity contribution in [2.75, 3.05) is 12.4 Å². The largest absolute Gasteiger partial charge is 0.497 e. The number of hydrogen-bond donors (Lipinski definition) is 1. The Morgan fingerprint density at radius 1 is 1.16 bits per heavy atom. The minimum atomic E-state index is 0.805. The molecule has 1 N–H and O–H groups in total. The van der Waals surface area contributed by atoms with Crippen LogP contribution in [0.1, 0.15) is 16.7 Å². The van der Waals surface area contributed by atoms with E-state index in [4.69, 9.17) is 4.74 Å². The van der Waals surface area contributed by atoms with Crippen LogP contribution in [0.15, 0.2) is 40.9 Å². The van der Waals surface area contributed by atoms with Crippen molar-refractivity contribution in [1.29, 1.82) is 0 Å². The van der Waals surface area contributed by atoms with Crippen LogP contribution in [0.5, 0.6) is 5.75 Å². The third-order valence-electron chi connectivity index (χ3n) is 3.36. The number of nitrogens with one attached hydrogen (secondary N) is 1. The number of halogens is 1. The highest BCUT2D eigenvalue weighted by Gasteiger charge is 2.04. The average Bonchev–Trinajstić information content (AvgIpc) is 2.42. The number of rotatable bonds is 4. The maximum Gasteiger partial charge on any atom is 0.121 e. The number of methoxy groups -OCH3 is 1. The molecule has 0 radical (unpaired) electrons. The number of aryl methyl sites for hydroxylation is 1. The van der Waals surface area contributed by atoms with E-state index >= 15 is 0 Å². The second kappa shape index (κ2) is 6.11. The molecule has 0 saturated heterocycles. The Labute approximate surface area is 122 Å². The summed E-state index contributed by atoms with van der Waals surface area (Å²) in [4.78, 5) is 0. The minimum Gasteiger partial charge on any atom is -0.497 e. The van der Waals surface area contributed by atoms with Gasteiger partial charge in [-0.2, -0.15) is 0 Å². The molecular weight excluding hydrogens is 302 g/mol. The van der Waals surface area contributed by atoms with Gasteiger partial charge in [-0.3, -0.25) is 0 Å². The van der Waals surface area contributed by atoms with Crippen molar-refractivity contribution < 1.29 is 4.74 Å². The van der Waals surface area contributed by atoms with Crippen LogP contribution in [0.4, 0.5) is 5.69 Å². The molecule has 2 nitrogen and oxygen atoms in total. The lowest BCUT2D eigenvalue weighted by atomic mass is 10.0. The summed E-state index contributed by atoms with van der Waals surface area (Å²) in [5, 5.41) is 3.45. The summed E-state index contributed by atoms with van der Waals surface area (Å²) in [5.41, 5.74) is 5.02. The standard InChI is InChI=1S/C16H18BrNO/c1-11-5-4-6-13(12(11)2)10-18-16-9-14(19-3)7-8-15(16)17/h4-9,18H,10H2,1-3H3. The van der Waals surface area contributed by atoms with E-state index in [0.717, 1.165) is 22.5 Å². The number of benzene rings is 2. The zero-order valence-electron chi connectivity index (χ0n) is 11.5. The Morgan fingerprint density at radius 2 is 1.95 bits per heavy atom. The van der Waals surface area contributed by atoms with Crippen LogP contribution in [-0.2, 0) is 6.54 Å². The molecule has 0 fully saturated rings. The normalized spacial score (nSPS) is 10.3. The van der Waals surface area contributed by atoms with Gasteiger partial charge in [-0.05, 0) is 58.6 Å². The quantitative estimate of drug-likeness (QED) is 0.883. The fourth-order valence-electron chi connectivity index (χ4n) is 1.96. The van der Waals surface area contributed by atoms with E-state index in [1.165, 1.54) is 16.7 Å². The molecule has 0 saturated carbocycles. The third kappa shape index (κ3) is 3.29. The number of ether oxygens (including phenoxy) is 1. The van der Waals surface area contributed by atoms with Gasteiger partial charge in [0.15, 0.2) is 0 Å². The van der Waals surface area contributed by atoms with E-state index < -0.39 is 0 Å². The van der Waals surface area contributed by atoms with E-state index in [1.54, 1.807) is 7.11 Å². The first-order chi connectivity index (χ1) is 9.11. The van der Waals surface area contributed by atoms with Crippen LogP contribution >= 0.6 is 15.9 Å². The lowest BCUT2D eigenvalue weighted by Crippen LogP contribution is -2.03. The highest BCUT2D eigenvalue weighted by atomic mass is 79.9. The molecule has 0 spiro atoms. The molecule has 19 heavy (non-hydrogen) atoms. The molecule has 0 aromatic heterocycles. The van der Waals surface area contributed by atoms with Crippen LogP contribution in [-0.4, -0.2) is 7.11 Å². The monoisotopic (exact) mass is 319 g/mol. The van der Waals surface area contributed by atoms with Crippen LogP contribution in [0.3, 0.4) is 0 Å². The van der Waals surface area contributed by atoms with Crippen molar-refractivity contribution in [2.24, 2.45) is 0 Å². The number of anilines is 1. The molecule has 0 atom stereocenters. The van der Waals surface area contributed by atoms with Crippen LogP contribution in [0, 0.1) is 13.8 Å². The Balaban J connectivity index is 2.16. The van der Waals surface area contributed by atoms with Gasteiger partial charge in [-0.25, -0.2) is 0 Å². The lowest BCUT2D eigenvalue weighted by Gasteiger charge is -2.13. The van der Waals surface area contributed by atoms with Crippen molar-refractivity contribution >= 4 is 21.6 Å². The van der Waals surface area contributed by atoms with Crippen LogP contribution < -0.4 is 10.1 Å². The lowest BCUT2D eigenvalue weighted by molar-refractivity contribution is 0.415. The van der Waals surface area contributed by atoms with Gasteiger partial charge in [0.25, 0.3) is 0 Å². The Hall–Kier alpha value is -1.48. The summed E-state index contributed by atoms with van der Waals surface area (Å²) < 4.78 is 6.28. The maximum atomic E-state index is 5.24. The van der Waals surface area contributed by atoms with E-state index in [9.17, 15) is 0 Å². The second-order valence-electron chi connectivity index (χ2n) is 4.56. The maximum absolute atomic E-state index is 5.24. The molecule has 0 amide bonds. The Bertz CT molecular complexity index is 581. The zero-order chi connectivity index (χ0) is 13.8. The van der Waals surface area contributed by atoms with Crippen LogP contribution in [0.2, 0.25) is 0 Å². The Morgan fingerprint density at radius 3 is 2.68 bits per heavy atom. The van der Waals surface area contributed by atoms with E-state index in [1.807, 2.05) is 18.2 Å². The van der Waals surface area contributed by atoms with E-state index in [-0.39, 0.29) is 0 Å². The molecule has 0 unspecified atom stereocenters. The van der Waals surface area contributed by atoms with Crippen molar-refractivity contribution in [3.8, 4) is 5.75 Å². The number of hydrogen-bond acceptors (Lipinski definition) is 2. The summed E-state index contributed by atoms with van der Waals surface area (Å²) in [6, 6.07) is 12.3. The summed E-state index contributed by atoms with van der Waals surface area (Å²) in [5.74, 6) is 0.853.